The molecular weight excluding hydrogens is 388 g/mol. The van der Waals surface area contributed by atoms with Crippen LogP contribution in [0, 0.1) is 23.7 Å². The van der Waals surface area contributed by atoms with Gasteiger partial charge in [0.15, 0.2) is 0 Å². The van der Waals surface area contributed by atoms with E-state index in [1.807, 2.05) is 36.4 Å². The van der Waals surface area contributed by atoms with Crippen LogP contribution in [0.15, 0.2) is 78.9 Å². The van der Waals surface area contributed by atoms with E-state index >= 15 is 0 Å². The predicted molar refractivity (Wildman–Crippen MR) is 119 cm³/mol. The summed E-state index contributed by atoms with van der Waals surface area (Å²) < 4.78 is 0. The highest BCUT2D eigenvalue weighted by Crippen LogP contribution is 2.29. The summed E-state index contributed by atoms with van der Waals surface area (Å²) in [6.07, 6.45) is 5.43. The van der Waals surface area contributed by atoms with Crippen molar-refractivity contribution >= 4 is 23.2 Å². The number of nitrogens with zero attached hydrogens (tertiary/aromatic N) is 2. The molecule has 152 valence electrons. The molecule has 0 spiro atoms. The highest BCUT2D eigenvalue weighted by molar-refractivity contribution is 6.09. The first kappa shape index (κ1) is 21.2. The van der Waals surface area contributed by atoms with E-state index in [-0.39, 0.29) is 6.54 Å². The van der Waals surface area contributed by atoms with Gasteiger partial charge in [0.05, 0.1) is 11.6 Å². The van der Waals surface area contributed by atoms with Crippen molar-refractivity contribution in [1.29, 1.82) is 5.26 Å². The van der Waals surface area contributed by atoms with Crippen molar-refractivity contribution in [3.05, 3.63) is 95.6 Å². The summed E-state index contributed by atoms with van der Waals surface area (Å²) in [4.78, 5) is 27.3. The van der Waals surface area contributed by atoms with E-state index in [2.05, 4.69) is 11.2 Å². The van der Waals surface area contributed by atoms with Crippen LogP contribution in [0.1, 0.15) is 22.7 Å². The lowest BCUT2D eigenvalue weighted by molar-refractivity contribution is -0.125. The first-order chi connectivity index (χ1) is 15.0. The minimum atomic E-state index is -1.05. The minimum Gasteiger partial charge on any atom is -0.399 e. The van der Waals surface area contributed by atoms with Gasteiger partial charge < -0.3 is 11.1 Å². The lowest BCUT2D eigenvalue weighted by atomic mass is 10.0. The van der Waals surface area contributed by atoms with Gasteiger partial charge in [0.1, 0.15) is 6.04 Å². The fourth-order valence-corrected chi connectivity index (χ4v) is 3.16. The Morgan fingerprint density at radius 1 is 1.03 bits per heavy atom. The number of carbonyl (C=O) groups excluding carboxylic acids is 2. The molecule has 0 radical (unpaired) electrons. The van der Waals surface area contributed by atoms with Gasteiger partial charge in [-0.1, -0.05) is 48.5 Å². The van der Waals surface area contributed by atoms with Crippen molar-refractivity contribution < 1.29 is 9.59 Å². The molecule has 6 nitrogen and oxygen atoms in total. The second kappa shape index (κ2) is 9.78. The molecule has 3 aromatic carbocycles. The fraction of sp³-hybridized carbons (Fsp3) is 0.0800. The first-order valence-electron chi connectivity index (χ1n) is 9.50. The van der Waals surface area contributed by atoms with E-state index in [0.717, 1.165) is 5.56 Å². The molecule has 3 rings (SSSR count). The van der Waals surface area contributed by atoms with Crippen LogP contribution in [0.25, 0.3) is 0 Å². The summed E-state index contributed by atoms with van der Waals surface area (Å²) in [5.74, 6) is 0.972. The number of carbonyl (C=O) groups is 2. The number of hydrogen-bond acceptors (Lipinski definition) is 4. The molecule has 0 heterocycles. The van der Waals surface area contributed by atoms with Gasteiger partial charge in [-0.05, 0) is 47.4 Å². The van der Waals surface area contributed by atoms with Crippen LogP contribution in [0.3, 0.4) is 0 Å². The van der Waals surface area contributed by atoms with Crippen LogP contribution in [0.2, 0.25) is 0 Å². The molecule has 31 heavy (non-hydrogen) atoms. The van der Waals surface area contributed by atoms with Gasteiger partial charge in [0.2, 0.25) is 5.91 Å². The summed E-state index contributed by atoms with van der Waals surface area (Å²) in [5.41, 5.74) is 8.45. The third-order valence-corrected chi connectivity index (χ3v) is 4.66. The molecule has 0 aliphatic carbocycles. The zero-order valence-electron chi connectivity index (χ0n) is 16.7. The number of anilines is 2. The van der Waals surface area contributed by atoms with Gasteiger partial charge in [-0.25, -0.2) is 0 Å². The molecule has 0 fully saturated rings. The Bertz CT molecular complexity index is 1160. The lowest BCUT2D eigenvalue weighted by Gasteiger charge is -2.30. The second-order valence-electron chi connectivity index (χ2n) is 6.75. The number of amides is 2. The van der Waals surface area contributed by atoms with Crippen LogP contribution in [0.4, 0.5) is 11.4 Å². The van der Waals surface area contributed by atoms with Crippen LogP contribution in [-0.4, -0.2) is 11.8 Å². The molecule has 0 aromatic heterocycles. The van der Waals surface area contributed by atoms with Crippen molar-refractivity contribution in [2.75, 3.05) is 10.6 Å². The topological polar surface area (TPSA) is 99.2 Å². The Balaban J connectivity index is 2.04. The molecule has 3 aromatic rings. The minimum absolute atomic E-state index is 0.279. The van der Waals surface area contributed by atoms with E-state index in [9.17, 15) is 14.9 Å². The predicted octanol–water partition coefficient (Wildman–Crippen LogP) is 3.16. The van der Waals surface area contributed by atoms with Crippen LogP contribution in [-0.2, 0) is 16.1 Å². The maximum absolute atomic E-state index is 13.3. The van der Waals surface area contributed by atoms with E-state index in [1.54, 1.807) is 42.5 Å². The molecule has 2 amide bonds. The Labute approximate surface area is 180 Å². The molecule has 1 atom stereocenters. The van der Waals surface area contributed by atoms with Gasteiger partial charge in [-0.3, -0.25) is 14.5 Å². The number of rotatable bonds is 6. The third kappa shape index (κ3) is 5.09. The summed E-state index contributed by atoms with van der Waals surface area (Å²) in [6.45, 7) is 0.279. The standard InChI is InChI=1S/C25H20N4O2/c1-2-23(30)29(22-10-6-9-19(15-22)16-26)24(20-11-13-21(27)14-12-20)25(31)28-17-18-7-4-3-5-8-18/h1,3-15,24H,17,27H2,(H,28,31). The molecule has 6 heteroatoms. The normalized spacial score (nSPS) is 10.9. The Morgan fingerprint density at radius 3 is 2.39 bits per heavy atom. The average molecular weight is 408 g/mol. The van der Waals surface area contributed by atoms with Gasteiger partial charge in [-0.2, -0.15) is 5.26 Å². The van der Waals surface area contributed by atoms with Crippen LogP contribution >= 0.6 is 0 Å². The second-order valence-corrected chi connectivity index (χ2v) is 6.75. The highest BCUT2D eigenvalue weighted by atomic mass is 16.2. The smallest absolute Gasteiger partial charge is 0.303 e. The van der Waals surface area contributed by atoms with Gasteiger partial charge in [0, 0.05) is 17.9 Å². The number of terminal acetylenes is 1. The SMILES string of the molecule is C#CC(=O)N(c1cccc(C#N)c1)C(C(=O)NCc1ccccc1)c1ccc(N)cc1. The average Bonchev–Trinajstić information content (AvgIpc) is 2.82. The lowest BCUT2D eigenvalue weighted by Crippen LogP contribution is -2.43. The molecule has 0 bridgehead atoms. The Morgan fingerprint density at radius 2 is 1.74 bits per heavy atom. The van der Waals surface area contributed by atoms with Gasteiger partial charge in [0.25, 0.3) is 0 Å². The van der Waals surface area contributed by atoms with E-state index in [1.165, 1.54) is 11.0 Å². The molecule has 0 saturated heterocycles. The Hall–Kier alpha value is -4.55. The van der Waals surface area contributed by atoms with Crippen molar-refractivity contribution in [2.24, 2.45) is 0 Å². The van der Waals surface area contributed by atoms with Gasteiger partial charge in [-0.15, -0.1) is 6.42 Å². The van der Waals surface area contributed by atoms with Crippen molar-refractivity contribution in [2.45, 2.75) is 12.6 Å². The number of nitrogens with two attached hydrogens (primary N) is 1. The number of nitriles is 1. The summed E-state index contributed by atoms with van der Waals surface area (Å²) in [5, 5.41) is 12.1. The molecule has 1 unspecified atom stereocenters. The largest absolute Gasteiger partial charge is 0.399 e. The number of nitrogens with one attached hydrogen (secondary N) is 1. The monoisotopic (exact) mass is 408 g/mol. The molecular formula is C25H20N4O2. The van der Waals surface area contributed by atoms with Gasteiger partial charge >= 0.3 is 5.91 Å². The van der Waals surface area contributed by atoms with Crippen molar-refractivity contribution in [1.82, 2.24) is 5.32 Å². The molecule has 0 aliphatic rings. The molecule has 3 N–H and O–H groups in total. The molecule has 0 saturated carbocycles. The maximum Gasteiger partial charge on any atom is 0.303 e. The third-order valence-electron chi connectivity index (χ3n) is 4.66. The summed E-state index contributed by atoms with van der Waals surface area (Å²) in [7, 11) is 0. The molecule has 0 aliphatic heterocycles. The van der Waals surface area contributed by atoms with Crippen molar-refractivity contribution in [3.8, 4) is 18.4 Å². The van der Waals surface area contributed by atoms with Crippen LogP contribution in [0.5, 0.6) is 0 Å². The number of nitrogen functional groups attached to an aromatic ring is 1. The number of hydrogen-bond donors (Lipinski definition) is 2. The Kier molecular flexibility index (Phi) is 6.67. The summed E-state index contributed by atoms with van der Waals surface area (Å²) in [6, 6.07) is 23.4. The highest BCUT2D eigenvalue weighted by Gasteiger charge is 2.32. The van der Waals surface area contributed by atoms with E-state index < -0.39 is 17.9 Å². The van der Waals surface area contributed by atoms with Crippen LogP contribution < -0.4 is 16.0 Å². The zero-order chi connectivity index (χ0) is 22.2. The van der Waals surface area contributed by atoms with E-state index in [0.29, 0.717) is 22.5 Å². The summed E-state index contributed by atoms with van der Waals surface area (Å²) >= 11 is 0. The first-order valence-corrected chi connectivity index (χ1v) is 9.50. The zero-order valence-corrected chi connectivity index (χ0v) is 16.7. The quantitative estimate of drug-likeness (QED) is 0.483. The maximum atomic E-state index is 13.3. The van der Waals surface area contributed by atoms with E-state index in [4.69, 9.17) is 12.2 Å². The fourth-order valence-electron chi connectivity index (χ4n) is 3.16. The van der Waals surface area contributed by atoms with Crippen molar-refractivity contribution in [3.63, 3.8) is 0 Å². The number of benzene rings is 3.